The number of rotatable bonds is 5. The van der Waals surface area contributed by atoms with Crippen molar-refractivity contribution >= 4 is 0 Å². The highest BCUT2D eigenvalue weighted by atomic mass is 16.6. The highest BCUT2D eigenvalue weighted by molar-refractivity contribution is 5.13. The van der Waals surface area contributed by atoms with Gasteiger partial charge in [0, 0.05) is 6.04 Å². The molecule has 0 aliphatic heterocycles. The zero-order valence-corrected chi connectivity index (χ0v) is 8.57. The molecular formula is C12H17NO. The first kappa shape index (κ1) is 9.69. The van der Waals surface area contributed by atoms with Crippen LogP contribution < -0.4 is 5.48 Å². The molecule has 0 radical (unpaired) electrons. The third-order valence-corrected chi connectivity index (χ3v) is 2.68. The van der Waals surface area contributed by atoms with Crippen LogP contribution in [-0.4, -0.2) is 6.04 Å². The van der Waals surface area contributed by atoms with Crippen molar-refractivity contribution in [3.63, 3.8) is 0 Å². The molecule has 0 amide bonds. The van der Waals surface area contributed by atoms with Crippen LogP contribution in [0.3, 0.4) is 0 Å². The van der Waals surface area contributed by atoms with Gasteiger partial charge in [-0.05, 0) is 31.2 Å². The number of nitrogens with one attached hydrogen (secondary N) is 1. The number of hydrogen-bond acceptors (Lipinski definition) is 2. The topological polar surface area (TPSA) is 21.3 Å². The second-order valence-electron chi connectivity index (χ2n) is 4.02. The van der Waals surface area contributed by atoms with E-state index in [4.69, 9.17) is 4.84 Å². The van der Waals surface area contributed by atoms with Crippen LogP contribution in [0.2, 0.25) is 0 Å². The Hall–Kier alpha value is -0.860. The van der Waals surface area contributed by atoms with Crippen LogP contribution in [-0.2, 0) is 11.4 Å². The lowest BCUT2D eigenvalue weighted by molar-refractivity contribution is 0.00284. The van der Waals surface area contributed by atoms with E-state index in [1.165, 1.54) is 18.4 Å². The molecule has 1 aliphatic rings. The Bertz CT molecular complexity index is 269. The fraction of sp³-hybridized carbons (Fsp3) is 0.500. The molecule has 1 aliphatic carbocycles. The lowest BCUT2D eigenvalue weighted by Crippen LogP contribution is -2.27. The summed E-state index contributed by atoms with van der Waals surface area (Å²) >= 11 is 0. The Morgan fingerprint density at radius 2 is 2.07 bits per heavy atom. The maximum atomic E-state index is 5.43. The molecule has 1 atom stereocenters. The van der Waals surface area contributed by atoms with E-state index in [0.717, 1.165) is 5.92 Å². The minimum absolute atomic E-state index is 0.499. The largest absolute Gasteiger partial charge is 0.297 e. The fourth-order valence-corrected chi connectivity index (χ4v) is 1.52. The first-order valence-electron chi connectivity index (χ1n) is 5.27. The van der Waals surface area contributed by atoms with Crippen LogP contribution in [0, 0.1) is 5.92 Å². The lowest BCUT2D eigenvalue weighted by Gasteiger charge is -2.12. The van der Waals surface area contributed by atoms with Crippen LogP contribution in [0.5, 0.6) is 0 Å². The van der Waals surface area contributed by atoms with Gasteiger partial charge in [-0.2, -0.15) is 5.48 Å². The number of benzene rings is 1. The Balaban J connectivity index is 1.67. The molecule has 1 saturated carbocycles. The number of hydrogen-bond donors (Lipinski definition) is 1. The van der Waals surface area contributed by atoms with Gasteiger partial charge >= 0.3 is 0 Å². The third kappa shape index (κ3) is 2.82. The van der Waals surface area contributed by atoms with Crippen molar-refractivity contribution in [2.45, 2.75) is 32.4 Å². The summed E-state index contributed by atoms with van der Waals surface area (Å²) in [7, 11) is 0. The van der Waals surface area contributed by atoms with E-state index in [0.29, 0.717) is 12.6 Å². The molecule has 1 N–H and O–H groups in total. The average Bonchev–Trinajstić information content (AvgIpc) is 3.02. The first-order chi connectivity index (χ1) is 6.86. The minimum Gasteiger partial charge on any atom is -0.297 e. The monoisotopic (exact) mass is 191 g/mol. The number of hydroxylamine groups is 1. The van der Waals surface area contributed by atoms with E-state index in [9.17, 15) is 0 Å². The predicted octanol–water partition coefficient (Wildman–Crippen LogP) is 2.51. The van der Waals surface area contributed by atoms with Crippen LogP contribution in [0.4, 0.5) is 0 Å². The Labute approximate surface area is 85.2 Å². The van der Waals surface area contributed by atoms with Gasteiger partial charge in [-0.15, -0.1) is 0 Å². The molecule has 0 heterocycles. The standard InChI is InChI=1S/C12H17NO/c1-10(12-7-8-12)13-14-9-11-5-3-2-4-6-11/h2-6,10,12-13H,7-9H2,1H3/t10-/m0/s1. The second-order valence-corrected chi connectivity index (χ2v) is 4.02. The van der Waals surface area contributed by atoms with E-state index in [-0.39, 0.29) is 0 Å². The maximum absolute atomic E-state index is 5.43. The third-order valence-electron chi connectivity index (χ3n) is 2.68. The van der Waals surface area contributed by atoms with Gasteiger partial charge in [0.2, 0.25) is 0 Å². The molecule has 0 bridgehead atoms. The van der Waals surface area contributed by atoms with Crippen molar-refractivity contribution in [2.75, 3.05) is 0 Å². The molecule has 14 heavy (non-hydrogen) atoms. The highest BCUT2D eigenvalue weighted by Gasteiger charge is 2.27. The summed E-state index contributed by atoms with van der Waals surface area (Å²) in [5.74, 6) is 0.839. The molecule has 1 aromatic rings. The van der Waals surface area contributed by atoms with Gasteiger partial charge in [0.05, 0.1) is 6.61 Å². The van der Waals surface area contributed by atoms with Crippen molar-refractivity contribution < 1.29 is 4.84 Å². The highest BCUT2D eigenvalue weighted by Crippen LogP contribution is 2.32. The van der Waals surface area contributed by atoms with Crippen LogP contribution in [0.25, 0.3) is 0 Å². The lowest BCUT2D eigenvalue weighted by atomic mass is 10.2. The van der Waals surface area contributed by atoms with E-state index < -0.39 is 0 Å². The fourth-order valence-electron chi connectivity index (χ4n) is 1.52. The van der Waals surface area contributed by atoms with Crippen molar-refractivity contribution in [3.8, 4) is 0 Å². The van der Waals surface area contributed by atoms with Crippen molar-refractivity contribution in [1.82, 2.24) is 5.48 Å². The Kier molecular flexibility index (Phi) is 3.17. The van der Waals surface area contributed by atoms with Gasteiger partial charge in [0.15, 0.2) is 0 Å². The van der Waals surface area contributed by atoms with Gasteiger partial charge in [-0.25, -0.2) is 0 Å². The van der Waals surface area contributed by atoms with Gasteiger partial charge in [0.1, 0.15) is 0 Å². The zero-order chi connectivity index (χ0) is 9.80. The molecular weight excluding hydrogens is 174 g/mol. The summed E-state index contributed by atoms with van der Waals surface area (Å²) in [5.41, 5.74) is 4.30. The SMILES string of the molecule is C[C@H](NOCc1ccccc1)C1CC1. The molecule has 0 unspecified atom stereocenters. The van der Waals surface area contributed by atoms with Gasteiger partial charge in [-0.1, -0.05) is 30.3 Å². The maximum Gasteiger partial charge on any atom is 0.0933 e. The molecule has 0 aromatic heterocycles. The van der Waals surface area contributed by atoms with Crippen LogP contribution >= 0.6 is 0 Å². The summed E-state index contributed by atoms with van der Waals surface area (Å²) in [5, 5.41) is 0. The summed E-state index contributed by atoms with van der Waals surface area (Å²) < 4.78 is 0. The molecule has 76 valence electrons. The summed E-state index contributed by atoms with van der Waals surface area (Å²) in [4.78, 5) is 5.43. The molecule has 2 nitrogen and oxygen atoms in total. The van der Waals surface area contributed by atoms with E-state index in [1.807, 2.05) is 18.2 Å². The van der Waals surface area contributed by atoms with Gasteiger partial charge in [0.25, 0.3) is 0 Å². The average molecular weight is 191 g/mol. The molecule has 1 aromatic carbocycles. The first-order valence-corrected chi connectivity index (χ1v) is 5.27. The summed E-state index contributed by atoms with van der Waals surface area (Å²) in [6.45, 7) is 2.83. The normalized spacial score (nSPS) is 18.1. The Morgan fingerprint density at radius 3 is 2.71 bits per heavy atom. The molecule has 1 fully saturated rings. The summed E-state index contributed by atoms with van der Waals surface area (Å²) in [6, 6.07) is 10.7. The second kappa shape index (κ2) is 4.58. The minimum atomic E-state index is 0.499. The predicted molar refractivity (Wildman–Crippen MR) is 56.6 cm³/mol. The molecule has 0 saturated heterocycles. The Morgan fingerprint density at radius 1 is 1.36 bits per heavy atom. The van der Waals surface area contributed by atoms with E-state index in [1.54, 1.807) is 0 Å². The molecule has 2 rings (SSSR count). The summed E-state index contributed by atoms with van der Waals surface area (Å²) in [6.07, 6.45) is 2.70. The molecule has 0 spiro atoms. The smallest absolute Gasteiger partial charge is 0.0933 e. The zero-order valence-electron chi connectivity index (χ0n) is 8.57. The van der Waals surface area contributed by atoms with E-state index >= 15 is 0 Å². The van der Waals surface area contributed by atoms with Crippen LogP contribution in [0.15, 0.2) is 30.3 Å². The van der Waals surface area contributed by atoms with Crippen molar-refractivity contribution in [2.24, 2.45) is 5.92 Å². The quantitative estimate of drug-likeness (QED) is 0.722. The van der Waals surface area contributed by atoms with E-state index in [2.05, 4.69) is 24.5 Å². The van der Waals surface area contributed by atoms with Gasteiger partial charge in [-0.3, -0.25) is 4.84 Å². The van der Waals surface area contributed by atoms with Gasteiger partial charge < -0.3 is 0 Å². The van der Waals surface area contributed by atoms with Crippen molar-refractivity contribution in [3.05, 3.63) is 35.9 Å². The van der Waals surface area contributed by atoms with Crippen molar-refractivity contribution in [1.29, 1.82) is 0 Å². The molecule has 2 heteroatoms. The van der Waals surface area contributed by atoms with Crippen LogP contribution in [0.1, 0.15) is 25.3 Å².